The fourth-order valence-corrected chi connectivity index (χ4v) is 3.01. The Bertz CT molecular complexity index is 1130. The predicted molar refractivity (Wildman–Crippen MR) is 104 cm³/mol. The Morgan fingerprint density at radius 3 is 1.39 bits per heavy atom. The Balaban J connectivity index is 2.47. The average Bonchev–Trinajstić information content (AvgIpc) is 2.71. The maximum absolute atomic E-state index is 14.0. The Labute approximate surface area is 212 Å². The third-order valence-electron chi connectivity index (χ3n) is 4.18. The summed E-state index contributed by atoms with van der Waals surface area (Å²) in [5, 5.41) is -2.35. The molecule has 0 saturated carbocycles. The van der Waals surface area contributed by atoms with Gasteiger partial charge in [0.1, 0.15) is 11.5 Å². The average molecular weight is 624 g/mol. The summed E-state index contributed by atoms with van der Waals surface area (Å²) < 4.78 is 174. The van der Waals surface area contributed by atoms with Crippen molar-refractivity contribution in [2.45, 2.75) is 35.9 Å². The summed E-state index contributed by atoms with van der Waals surface area (Å²) in [4.78, 5) is 0. The molecule has 0 atom stereocenters. The van der Waals surface area contributed by atoms with E-state index in [9.17, 15) is 52.7 Å². The van der Waals surface area contributed by atoms with E-state index in [4.69, 9.17) is 46.4 Å². The molecule has 0 bridgehead atoms. The molecule has 2 rings (SSSR count). The predicted octanol–water partition coefficient (Wildman–Crippen LogP) is 9.48. The Kier molecular flexibility index (Phi) is 8.15. The van der Waals surface area contributed by atoms with Crippen molar-refractivity contribution in [2.24, 2.45) is 0 Å². The number of ether oxygens (including phenoxy) is 2. The zero-order valence-corrected chi connectivity index (χ0v) is 19.4. The van der Waals surface area contributed by atoms with Crippen LogP contribution in [0, 0.1) is 0 Å². The minimum absolute atomic E-state index is 0.261. The van der Waals surface area contributed by atoms with Crippen molar-refractivity contribution in [1.29, 1.82) is 0 Å². The molecule has 0 aliphatic rings. The lowest BCUT2D eigenvalue weighted by atomic mass is 9.97. The summed E-state index contributed by atoms with van der Waals surface area (Å²) in [6.45, 7) is 0. The van der Waals surface area contributed by atoms with Crippen molar-refractivity contribution in [1.82, 2.24) is 0 Å². The van der Waals surface area contributed by atoms with Crippen LogP contribution in [0.5, 0.6) is 11.5 Å². The molecule has 0 radical (unpaired) electrons. The molecule has 0 amide bonds. The first kappa shape index (κ1) is 30.6. The SMILES string of the molecule is FC(F)(Oc1ccc(Cl)c(Cl)c1)C(F)(F)C(F)(F)C(F)(F)C(F)(F)C(F)(F)Oc1ccc(Cl)cc1Cl. The lowest BCUT2D eigenvalue weighted by Crippen LogP contribution is -2.72. The van der Waals surface area contributed by atoms with Gasteiger partial charge in [-0.3, -0.25) is 0 Å². The van der Waals surface area contributed by atoms with Gasteiger partial charge in [-0.15, -0.1) is 0 Å². The van der Waals surface area contributed by atoms with Crippen molar-refractivity contribution in [2.75, 3.05) is 0 Å². The van der Waals surface area contributed by atoms with Gasteiger partial charge in [0, 0.05) is 11.1 Å². The number of alkyl halides is 12. The second kappa shape index (κ2) is 9.59. The topological polar surface area (TPSA) is 18.5 Å². The summed E-state index contributed by atoms with van der Waals surface area (Å²) in [5.74, 6) is -33.8. The Morgan fingerprint density at radius 1 is 0.472 bits per heavy atom. The van der Waals surface area contributed by atoms with Gasteiger partial charge < -0.3 is 9.47 Å². The molecule has 202 valence electrons. The zero-order valence-electron chi connectivity index (χ0n) is 16.3. The van der Waals surface area contributed by atoms with Gasteiger partial charge in [0.2, 0.25) is 0 Å². The molecular weight excluding hydrogens is 618 g/mol. The molecule has 0 N–H and O–H groups in total. The van der Waals surface area contributed by atoms with E-state index in [-0.39, 0.29) is 16.1 Å². The molecule has 0 aliphatic heterocycles. The summed E-state index contributed by atoms with van der Waals surface area (Å²) in [5.41, 5.74) is 0. The van der Waals surface area contributed by atoms with Crippen LogP contribution in [0.25, 0.3) is 0 Å². The van der Waals surface area contributed by atoms with Crippen LogP contribution in [0.2, 0.25) is 20.1 Å². The lowest BCUT2D eigenvalue weighted by molar-refractivity contribution is -0.461. The third-order valence-corrected chi connectivity index (χ3v) is 5.45. The quantitative estimate of drug-likeness (QED) is 0.259. The molecule has 0 spiro atoms. The molecule has 2 aromatic carbocycles. The Morgan fingerprint density at radius 2 is 0.944 bits per heavy atom. The molecule has 0 saturated heterocycles. The largest absolute Gasteiger partial charge is 0.471 e. The Hall–Kier alpha value is -1.64. The van der Waals surface area contributed by atoms with Gasteiger partial charge >= 0.3 is 35.9 Å². The molecule has 2 nitrogen and oxygen atoms in total. The van der Waals surface area contributed by atoms with E-state index in [2.05, 4.69) is 9.47 Å². The normalized spacial score (nSPS) is 14.1. The molecule has 2 aromatic rings. The monoisotopic (exact) mass is 622 g/mol. The van der Waals surface area contributed by atoms with Crippen LogP contribution in [0.4, 0.5) is 52.7 Å². The second-order valence-electron chi connectivity index (χ2n) is 6.69. The molecule has 0 unspecified atom stereocenters. The van der Waals surface area contributed by atoms with Crippen molar-refractivity contribution in [3.8, 4) is 11.5 Å². The molecule has 18 heteroatoms. The van der Waals surface area contributed by atoms with Crippen LogP contribution in [0.1, 0.15) is 0 Å². The molecule has 36 heavy (non-hydrogen) atoms. The van der Waals surface area contributed by atoms with Crippen LogP contribution in [-0.2, 0) is 0 Å². The summed E-state index contributed by atoms with van der Waals surface area (Å²) >= 11 is 21.6. The second-order valence-corrected chi connectivity index (χ2v) is 8.34. The van der Waals surface area contributed by atoms with Crippen LogP contribution >= 0.6 is 46.4 Å². The molecule has 0 fully saturated rings. The van der Waals surface area contributed by atoms with Gasteiger partial charge in [-0.2, -0.15) is 52.7 Å². The van der Waals surface area contributed by atoms with E-state index >= 15 is 0 Å². The fourth-order valence-electron chi connectivity index (χ4n) is 2.27. The first-order valence-corrected chi connectivity index (χ1v) is 10.1. The van der Waals surface area contributed by atoms with Crippen molar-refractivity contribution in [3.63, 3.8) is 0 Å². The maximum atomic E-state index is 14.0. The standard InChI is InChI=1S/C18H6Cl4F12O2/c19-7-1-4-12(11(22)5-7)36-18(33,34)16(29,30)14(25,26)13(23,24)15(27,28)17(31,32)35-8-2-3-9(20)10(21)6-8/h1-6H. The number of hydrogen-bond donors (Lipinski definition) is 0. The highest BCUT2D eigenvalue weighted by Crippen LogP contribution is 2.60. The summed E-state index contributed by atoms with van der Waals surface area (Å²) in [7, 11) is 0. The van der Waals surface area contributed by atoms with E-state index in [0.29, 0.717) is 30.3 Å². The highest BCUT2D eigenvalue weighted by atomic mass is 35.5. The zero-order chi connectivity index (χ0) is 28.1. The first-order chi connectivity index (χ1) is 16.0. The smallest absolute Gasteiger partial charge is 0.428 e. The number of rotatable bonds is 9. The minimum Gasteiger partial charge on any atom is -0.428 e. The highest BCUT2D eigenvalue weighted by molar-refractivity contribution is 6.42. The van der Waals surface area contributed by atoms with E-state index in [1.54, 1.807) is 0 Å². The van der Waals surface area contributed by atoms with Crippen molar-refractivity contribution >= 4 is 46.4 Å². The van der Waals surface area contributed by atoms with Crippen molar-refractivity contribution < 1.29 is 62.2 Å². The van der Waals surface area contributed by atoms with Gasteiger partial charge in [-0.1, -0.05) is 46.4 Å². The van der Waals surface area contributed by atoms with Crippen molar-refractivity contribution in [3.05, 3.63) is 56.5 Å². The molecule has 0 heterocycles. The van der Waals surface area contributed by atoms with Gasteiger partial charge in [-0.05, 0) is 30.3 Å². The maximum Gasteiger partial charge on any atom is 0.471 e. The van der Waals surface area contributed by atoms with Gasteiger partial charge in [0.15, 0.2) is 0 Å². The minimum atomic E-state index is -7.89. The number of halogens is 16. The third kappa shape index (κ3) is 5.05. The van der Waals surface area contributed by atoms with Gasteiger partial charge in [0.25, 0.3) is 0 Å². The fraction of sp³-hybridized carbons (Fsp3) is 0.333. The van der Waals surface area contributed by atoms with Crippen LogP contribution in [0.15, 0.2) is 36.4 Å². The molecular formula is C18H6Cl4F12O2. The van der Waals surface area contributed by atoms with Gasteiger partial charge in [0.05, 0.1) is 15.1 Å². The summed E-state index contributed by atoms with van der Waals surface area (Å²) in [6.07, 6.45) is -13.4. The van der Waals surface area contributed by atoms with E-state index in [1.165, 1.54) is 0 Å². The van der Waals surface area contributed by atoms with Crippen LogP contribution in [0.3, 0.4) is 0 Å². The van der Waals surface area contributed by atoms with Crippen LogP contribution in [-0.4, -0.2) is 35.9 Å². The van der Waals surface area contributed by atoms with E-state index < -0.39 is 57.5 Å². The number of hydrogen-bond acceptors (Lipinski definition) is 2. The van der Waals surface area contributed by atoms with Crippen LogP contribution < -0.4 is 9.47 Å². The number of benzene rings is 2. The van der Waals surface area contributed by atoms with E-state index in [1.807, 2.05) is 0 Å². The van der Waals surface area contributed by atoms with E-state index in [0.717, 1.165) is 0 Å². The molecule has 0 aromatic heterocycles. The van der Waals surface area contributed by atoms with Gasteiger partial charge in [-0.25, -0.2) is 0 Å². The summed E-state index contributed by atoms with van der Waals surface area (Å²) in [6, 6.07) is 2.80. The first-order valence-electron chi connectivity index (χ1n) is 8.57. The lowest BCUT2D eigenvalue weighted by Gasteiger charge is -2.40. The molecule has 0 aliphatic carbocycles. The highest BCUT2D eigenvalue weighted by Gasteiger charge is 2.92.